The maximum atomic E-state index is 7.03. The quantitative estimate of drug-likeness (QED) is 0.128. The van der Waals surface area contributed by atoms with Gasteiger partial charge in [0, 0.05) is 0 Å². The summed E-state index contributed by atoms with van der Waals surface area (Å²) in [5.41, 5.74) is 6.54. The van der Waals surface area contributed by atoms with Crippen LogP contribution >= 0.6 is 7.26 Å². The molecule has 0 spiro atoms. The molecule has 0 N–H and O–H groups in total. The Hall–Kier alpha value is -5.39. The number of aryl methyl sites for hydroxylation is 1. The van der Waals surface area contributed by atoms with Crippen LogP contribution in [0.3, 0.4) is 0 Å². The molecule has 7 aromatic rings. The Morgan fingerprint density at radius 2 is 1.27 bits per heavy atom. The van der Waals surface area contributed by atoms with Gasteiger partial charge >= 0.3 is 303 Å². The molecule has 0 bridgehead atoms. The summed E-state index contributed by atoms with van der Waals surface area (Å²) in [7, 11) is -0.710. The van der Waals surface area contributed by atoms with Crippen molar-refractivity contribution in [3.8, 4) is 27.0 Å². The van der Waals surface area contributed by atoms with Crippen LogP contribution in [-0.2, 0) is 29.7 Å². The van der Waals surface area contributed by atoms with Gasteiger partial charge in [-0.05, 0) is 19.1 Å². The monoisotopic (exact) mass is 917 g/mol. The molecule has 4 aromatic carbocycles. The van der Waals surface area contributed by atoms with Gasteiger partial charge in [-0.2, -0.15) is 0 Å². The first-order chi connectivity index (χ1) is 27.0. The Bertz CT molecular complexity index is 2540. The summed E-state index contributed by atoms with van der Waals surface area (Å²) in [5, 5.41) is 14.4. The van der Waals surface area contributed by atoms with E-state index in [1.54, 1.807) is 22.7 Å². The number of nitrogens with zero attached hydrogens (tertiary/aromatic N) is 3. The van der Waals surface area contributed by atoms with Crippen LogP contribution in [0.2, 0.25) is 0 Å². The molecule has 273 valence electrons. The molecule has 0 saturated carbocycles. The summed E-state index contributed by atoms with van der Waals surface area (Å²) in [5.74, 6) is 2.97. The van der Waals surface area contributed by atoms with Crippen LogP contribution < -0.4 is 15.9 Å². The summed E-state index contributed by atoms with van der Waals surface area (Å²) < 4.78 is 23.1. The second-order valence-electron chi connectivity index (χ2n) is 13.2. The first kappa shape index (κ1) is 36.6. The molecular formula is C47H40N3O3OsP+. The molecule has 8 heteroatoms. The summed E-state index contributed by atoms with van der Waals surface area (Å²) in [6.45, 7) is 5.26. The van der Waals surface area contributed by atoms with E-state index >= 15 is 0 Å². The second-order valence-corrected chi connectivity index (χ2v) is 17.2. The zero-order valence-electron chi connectivity index (χ0n) is 30.9. The fraction of sp³-hybridized carbons (Fsp3) is 0.128. The van der Waals surface area contributed by atoms with Crippen LogP contribution in [0.15, 0.2) is 171 Å². The van der Waals surface area contributed by atoms with Gasteiger partial charge in [0.05, 0.1) is 0 Å². The molecule has 55 heavy (non-hydrogen) atoms. The minimum atomic E-state index is -2.55. The van der Waals surface area contributed by atoms with Crippen molar-refractivity contribution >= 4 is 45.9 Å². The van der Waals surface area contributed by atoms with Crippen molar-refractivity contribution in [1.29, 1.82) is 0 Å². The van der Waals surface area contributed by atoms with Crippen LogP contribution in [0.4, 0.5) is 0 Å². The topological polar surface area (TPSA) is 66.2 Å². The number of rotatable bonds is 10. The van der Waals surface area contributed by atoms with Gasteiger partial charge in [0.1, 0.15) is 5.76 Å². The van der Waals surface area contributed by atoms with Crippen molar-refractivity contribution in [2.45, 2.75) is 20.3 Å². The molecule has 6 nitrogen and oxygen atoms in total. The summed E-state index contributed by atoms with van der Waals surface area (Å²) in [6, 6.07) is 44.9. The van der Waals surface area contributed by atoms with Gasteiger partial charge in [0.2, 0.25) is 0 Å². The number of furan rings is 2. The summed E-state index contributed by atoms with van der Waals surface area (Å²) in [6.07, 6.45) is 9.39. The zero-order valence-corrected chi connectivity index (χ0v) is 34.4. The van der Waals surface area contributed by atoms with Crippen LogP contribution in [0.5, 0.6) is 0 Å². The molecule has 1 saturated heterocycles. The Morgan fingerprint density at radius 1 is 0.727 bits per heavy atom. The van der Waals surface area contributed by atoms with E-state index in [2.05, 4.69) is 127 Å². The van der Waals surface area contributed by atoms with Crippen molar-refractivity contribution in [1.82, 2.24) is 15.0 Å². The number of aromatic nitrogens is 3. The maximum absolute atomic E-state index is 7.03. The van der Waals surface area contributed by atoms with Crippen molar-refractivity contribution in [3.05, 3.63) is 174 Å². The Labute approximate surface area is 331 Å². The van der Waals surface area contributed by atoms with Gasteiger partial charge in [0.25, 0.3) is 0 Å². The van der Waals surface area contributed by atoms with Crippen molar-refractivity contribution < 1.29 is 31.5 Å². The number of hydrogen-bond donors (Lipinski definition) is 0. The number of ether oxygens (including phenoxy) is 1. The molecule has 1 fully saturated rings. The molecule has 0 atom stereocenters. The predicted octanol–water partition coefficient (Wildman–Crippen LogP) is 10.0. The van der Waals surface area contributed by atoms with Crippen molar-refractivity contribution in [2.24, 2.45) is 7.05 Å². The molecule has 0 aliphatic carbocycles. The first-order valence-electron chi connectivity index (χ1n) is 18.4. The summed E-state index contributed by atoms with van der Waals surface area (Å²) >= 11 is 1.77. The van der Waals surface area contributed by atoms with E-state index in [-0.39, 0.29) is 0 Å². The third-order valence-electron chi connectivity index (χ3n) is 9.80. The Morgan fingerprint density at radius 3 is 1.82 bits per heavy atom. The van der Waals surface area contributed by atoms with Crippen LogP contribution in [0.25, 0.3) is 45.3 Å². The van der Waals surface area contributed by atoms with E-state index in [1.807, 2.05) is 50.4 Å². The van der Waals surface area contributed by atoms with E-state index in [9.17, 15) is 0 Å². The summed E-state index contributed by atoms with van der Waals surface area (Å²) in [4.78, 5) is 1.60. The van der Waals surface area contributed by atoms with Gasteiger partial charge in [-0.25, -0.2) is 0 Å². The molecule has 3 aromatic heterocycles. The fourth-order valence-electron chi connectivity index (χ4n) is 7.40. The minimum absolute atomic E-state index is 0.528. The van der Waals surface area contributed by atoms with Crippen molar-refractivity contribution in [3.63, 3.8) is 0 Å². The molecule has 1 aliphatic heterocycles. The standard InChI is InChI=1S/C47H40N3O3P.Os/c1-5-16-34-31-51-32-35(34)30-42(33(3)54(37-18-10-7-11-19-37,38-20-12-8-13-21-38)39-22-14-9-15-23-39)45-29-28-44(53-45)41-26-25-40(46-47(41)49-50(4)48-46)43-27-24-36(52-43)17-6-2;/h6-30H,5,31-32H2,1-2,4H3;/q+1;/b17-6+,34-16?,35-30?,42-33?;. The zero-order chi connectivity index (χ0) is 37.8. The molecule has 4 heterocycles. The average Bonchev–Trinajstić information content (AvgIpc) is 4.05. The van der Waals surface area contributed by atoms with Crippen molar-refractivity contribution in [2.75, 3.05) is 13.2 Å². The first-order valence-corrected chi connectivity index (χ1v) is 21.4. The van der Waals surface area contributed by atoms with E-state index in [4.69, 9.17) is 23.8 Å². The molecule has 1 aliphatic rings. The molecular weight excluding hydrogens is 876 g/mol. The van der Waals surface area contributed by atoms with Crippen LogP contribution in [0, 0.1) is 4.37 Å². The fourth-order valence-corrected chi connectivity index (χ4v) is 13.2. The third kappa shape index (κ3) is 6.91. The predicted molar refractivity (Wildman–Crippen MR) is 222 cm³/mol. The van der Waals surface area contributed by atoms with E-state index in [1.165, 1.54) is 21.5 Å². The van der Waals surface area contributed by atoms with Gasteiger partial charge in [0.15, 0.2) is 0 Å². The van der Waals surface area contributed by atoms with E-state index < -0.39 is 7.26 Å². The Balaban J connectivity index is 1.39. The molecule has 0 radical (unpaired) electrons. The molecule has 0 amide bonds. The van der Waals surface area contributed by atoms with Gasteiger partial charge < -0.3 is 0 Å². The molecule has 8 rings (SSSR count). The van der Waals surface area contributed by atoms with Crippen LogP contribution in [-0.4, -0.2) is 28.2 Å². The van der Waals surface area contributed by atoms with Gasteiger partial charge in [-0.1, -0.05) is 6.08 Å². The SMILES string of the molecule is C/C=C/c1ccc(-c2ccc(-c3ccc(C(C=C4COCC4=CCC)=C([C]#[Os])[P+](c4ccccc4)(c4ccccc4)c4ccccc4)o3)c3nn(C)nc23)o1. The number of fused-ring (bicyclic) bond motifs is 1. The number of hydrogen-bond acceptors (Lipinski definition) is 5. The normalized spacial score (nSPS) is 15.3. The molecule has 0 unspecified atom stereocenters. The van der Waals surface area contributed by atoms with Gasteiger partial charge in [-0.3, -0.25) is 0 Å². The van der Waals surface area contributed by atoms with Crippen LogP contribution in [0.1, 0.15) is 31.8 Å². The Kier molecular flexibility index (Phi) is 10.7. The third-order valence-corrected chi connectivity index (χ3v) is 15.2. The van der Waals surface area contributed by atoms with E-state index in [0.717, 1.165) is 62.3 Å². The average molecular weight is 916 g/mol. The van der Waals surface area contributed by atoms with E-state index in [0.29, 0.717) is 19.0 Å². The number of allylic oxidation sites excluding steroid dienone is 5. The van der Waals surface area contributed by atoms with Gasteiger partial charge in [-0.15, -0.1) is 0 Å². The second kappa shape index (κ2) is 16.1. The number of benzene rings is 4.